The molecule has 1 saturated heterocycles. The van der Waals surface area contributed by atoms with Crippen molar-refractivity contribution in [2.24, 2.45) is 17.2 Å². The first-order chi connectivity index (χ1) is 13.2. The molecule has 0 aromatic carbocycles. The lowest BCUT2D eigenvalue weighted by Gasteiger charge is -2.23. The topological polar surface area (TPSA) is 170 Å². The van der Waals surface area contributed by atoms with Crippen LogP contribution in [0, 0.1) is 0 Å². The minimum absolute atomic E-state index is 0.150. The van der Waals surface area contributed by atoms with Crippen LogP contribution in [0.25, 0.3) is 0 Å². The summed E-state index contributed by atoms with van der Waals surface area (Å²) in [7, 11) is 0. The average molecular weight is 435 g/mol. The lowest BCUT2D eigenvalue weighted by atomic mass is 10.2. The third kappa shape index (κ3) is 8.70. The second-order valence-corrected chi connectivity index (χ2v) is 9.17. The number of nitrogens with zero attached hydrogens (tertiary/aromatic N) is 1. The number of primary amides is 3. The number of carbonyl (C=O) groups excluding carboxylic acids is 4. The number of carbonyl (C=O) groups is 4. The van der Waals surface area contributed by atoms with Gasteiger partial charge in [0.15, 0.2) is 0 Å². The van der Waals surface area contributed by atoms with Gasteiger partial charge in [0.2, 0.25) is 23.6 Å². The summed E-state index contributed by atoms with van der Waals surface area (Å²) in [6.07, 6.45) is 2.10. The molecule has 0 bridgehead atoms. The van der Waals surface area contributed by atoms with Crippen LogP contribution in [0.2, 0.25) is 0 Å². The van der Waals surface area contributed by atoms with E-state index in [1.807, 2.05) is 0 Å². The van der Waals surface area contributed by atoms with Crippen LogP contribution >= 0.6 is 23.5 Å². The average Bonchev–Trinajstić information content (AvgIpc) is 2.82. The van der Waals surface area contributed by atoms with Crippen molar-refractivity contribution in [3.63, 3.8) is 0 Å². The van der Waals surface area contributed by atoms with Gasteiger partial charge in [-0.25, -0.2) is 0 Å². The van der Waals surface area contributed by atoms with E-state index >= 15 is 0 Å². The zero-order valence-electron chi connectivity index (χ0n) is 15.9. The van der Waals surface area contributed by atoms with Crippen molar-refractivity contribution >= 4 is 47.2 Å². The van der Waals surface area contributed by atoms with Gasteiger partial charge >= 0.3 is 0 Å². The Morgan fingerprint density at radius 3 is 1.89 bits per heavy atom. The number of nitrogens with two attached hydrogens (primary N) is 3. The van der Waals surface area contributed by atoms with Crippen molar-refractivity contribution in [3.8, 4) is 0 Å². The van der Waals surface area contributed by atoms with E-state index in [0.29, 0.717) is 43.7 Å². The van der Waals surface area contributed by atoms with Crippen LogP contribution in [0.3, 0.4) is 0 Å². The van der Waals surface area contributed by atoms with E-state index in [0.717, 1.165) is 0 Å². The van der Waals surface area contributed by atoms with Crippen LogP contribution in [0.15, 0.2) is 0 Å². The molecule has 0 aromatic heterocycles. The number of hydrogen-bond acceptors (Lipinski definition) is 7. The summed E-state index contributed by atoms with van der Waals surface area (Å²) in [5, 5.41) is 9.89. The highest BCUT2D eigenvalue weighted by atomic mass is 32.2. The summed E-state index contributed by atoms with van der Waals surface area (Å²) in [5.41, 5.74) is 15.4. The summed E-state index contributed by atoms with van der Waals surface area (Å²) >= 11 is 2.86. The monoisotopic (exact) mass is 434 g/mol. The van der Waals surface area contributed by atoms with Gasteiger partial charge in [-0.05, 0) is 37.2 Å². The molecule has 3 atom stereocenters. The Morgan fingerprint density at radius 1 is 0.857 bits per heavy atom. The Balaban J connectivity index is 2.63. The molecule has 0 radical (unpaired) electrons. The van der Waals surface area contributed by atoms with Gasteiger partial charge in [-0.3, -0.25) is 19.2 Å². The summed E-state index contributed by atoms with van der Waals surface area (Å²) in [6, 6.07) is 0. The molecule has 0 saturated carbocycles. The van der Waals surface area contributed by atoms with Gasteiger partial charge < -0.3 is 27.2 Å². The van der Waals surface area contributed by atoms with Gasteiger partial charge in [0.1, 0.15) is 6.23 Å². The standard InChI is InChI=1S/C17H30N4O5S2/c18-11(22)5-1-2-8-21-16(25)14(27-9-3-6-12(19)23)15(17(21)26)28-10-4-7-13(20)24/h14-16,25H,1-10H2,(H2,18,22)(H2,19,23)(H2,20,24). The van der Waals surface area contributed by atoms with Crippen LogP contribution in [0.5, 0.6) is 0 Å². The van der Waals surface area contributed by atoms with Crippen molar-refractivity contribution in [1.29, 1.82) is 0 Å². The Bertz CT molecular complexity index is 564. The third-order valence-electron chi connectivity index (χ3n) is 4.25. The molecule has 7 N–H and O–H groups in total. The molecule has 11 heteroatoms. The molecule has 0 aromatic rings. The summed E-state index contributed by atoms with van der Waals surface area (Å²) in [4.78, 5) is 46.8. The third-order valence-corrected chi connectivity index (χ3v) is 7.23. The Morgan fingerprint density at radius 2 is 1.36 bits per heavy atom. The largest absolute Gasteiger partial charge is 0.372 e. The maximum atomic E-state index is 12.8. The second-order valence-electron chi connectivity index (χ2n) is 6.64. The van der Waals surface area contributed by atoms with Crippen LogP contribution in [0.4, 0.5) is 0 Å². The molecular weight excluding hydrogens is 404 g/mol. The number of unbranched alkanes of at least 4 members (excludes halogenated alkanes) is 1. The fourth-order valence-electron chi connectivity index (χ4n) is 2.85. The maximum Gasteiger partial charge on any atom is 0.239 e. The van der Waals surface area contributed by atoms with Crippen LogP contribution in [-0.4, -0.2) is 68.4 Å². The number of aliphatic hydroxyl groups is 1. The highest BCUT2D eigenvalue weighted by molar-refractivity contribution is 8.04. The molecule has 1 heterocycles. The predicted octanol–water partition coefficient (Wildman–Crippen LogP) is -0.463. The molecule has 3 unspecified atom stereocenters. The van der Waals surface area contributed by atoms with E-state index in [2.05, 4.69) is 0 Å². The second kappa shape index (κ2) is 12.9. The smallest absolute Gasteiger partial charge is 0.239 e. The summed E-state index contributed by atoms with van der Waals surface area (Å²) in [6.45, 7) is 0.351. The van der Waals surface area contributed by atoms with Crippen LogP contribution in [0.1, 0.15) is 44.9 Å². The SMILES string of the molecule is NC(=O)CCCCN1C(=O)C(SCCCC(N)=O)C(SCCCC(N)=O)C1O. The molecule has 1 aliphatic heterocycles. The molecule has 4 amide bonds. The van der Waals surface area contributed by atoms with E-state index < -0.39 is 11.5 Å². The van der Waals surface area contributed by atoms with Crippen LogP contribution in [-0.2, 0) is 19.2 Å². The minimum Gasteiger partial charge on any atom is -0.372 e. The van der Waals surface area contributed by atoms with E-state index in [1.54, 1.807) is 0 Å². The van der Waals surface area contributed by atoms with E-state index in [4.69, 9.17) is 17.2 Å². The molecule has 1 rings (SSSR count). The van der Waals surface area contributed by atoms with Gasteiger partial charge in [0, 0.05) is 25.8 Å². The van der Waals surface area contributed by atoms with Crippen molar-refractivity contribution < 1.29 is 24.3 Å². The maximum absolute atomic E-state index is 12.8. The normalized spacial score (nSPS) is 21.8. The predicted molar refractivity (Wildman–Crippen MR) is 110 cm³/mol. The van der Waals surface area contributed by atoms with E-state index in [1.165, 1.54) is 28.4 Å². The quantitative estimate of drug-likeness (QED) is 0.253. The highest BCUT2D eigenvalue weighted by Crippen LogP contribution is 2.37. The zero-order chi connectivity index (χ0) is 21.1. The van der Waals surface area contributed by atoms with E-state index in [9.17, 15) is 24.3 Å². The van der Waals surface area contributed by atoms with Gasteiger partial charge in [0.05, 0.1) is 10.5 Å². The van der Waals surface area contributed by atoms with Gasteiger partial charge in [-0.2, -0.15) is 11.8 Å². The fraction of sp³-hybridized carbons (Fsp3) is 0.765. The number of thioether (sulfide) groups is 2. The molecule has 9 nitrogen and oxygen atoms in total. The minimum atomic E-state index is -0.937. The molecule has 1 aliphatic rings. The van der Waals surface area contributed by atoms with Gasteiger partial charge in [0.25, 0.3) is 0 Å². The zero-order valence-corrected chi connectivity index (χ0v) is 17.5. The Hall–Kier alpha value is -1.46. The molecular formula is C17H30N4O5S2. The highest BCUT2D eigenvalue weighted by Gasteiger charge is 2.47. The first kappa shape index (κ1) is 24.6. The lowest BCUT2D eigenvalue weighted by molar-refractivity contribution is -0.132. The van der Waals surface area contributed by atoms with Crippen molar-refractivity contribution in [2.45, 2.75) is 61.7 Å². The van der Waals surface area contributed by atoms with Gasteiger partial charge in [-0.1, -0.05) is 0 Å². The lowest BCUT2D eigenvalue weighted by Crippen LogP contribution is -2.36. The van der Waals surface area contributed by atoms with E-state index in [-0.39, 0.29) is 48.1 Å². The molecule has 28 heavy (non-hydrogen) atoms. The fourth-order valence-corrected chi connectivity index (χ4v) is 5.69. The molecule has 0 aliphatic carbocycles. The van der Waals surface area contributed by atoms with Gasteiger partial charge in [-0.15, -0.1) is 11.8 Å². The molecule has 1 fully saturated rings. The Labute approximate surface area is 173 Å². The van der Waals surface area contributed by atoms with Crippen LogP contribution < -0.4 is 17.2 Å². The van der Waals surface area contributed by atoms with Crippen molar-refractivity contribution in [1.82, 2.24) is 4.90 Å². The van der Waals surface area contributed by atoms with Crippen molar-refractivity contribution in [2.75, 3.05) is 18.1 Å². The first-order valence-corrected chi connectivity index (χ1v) is 11.4. The number of likely N-dealkylation sites (tertiary alicyclic amines) is 1. The number of hydrogen-bond donors (Lipinski definition) is 4. The Kier molecular flexibility index (Phi) is 11.3. The number of rotatable bonds is 15. The van der Waals surface area contributed by atoms with Crippen molar-refractivity contribution in [3.05, 3.63) is 0 Å². The number of amides is 4. The summed E-state index contributed by atoms with van der Waals surface area (Å²) in [5.74, 6) is -0.114. The first-order valence-electron chi connectivity index (χ1n) is 9.30. The summed E-state index contributed by atoms with van der Waals surface area (Å²) < 4.78 is 0. The number of aliphatic hydroxyl groups excluding tert-OH is 1. The molecule has 0 spiro atoms. The molecule has 160 valence electrons.